The molecule has 0 N–H and O–H groups in total. The molecule has 188 valence electrons. The average Bonchev–Trinajstić information content (AvgIpc) is 3.31. The molecule has 0 aliphatic heterocycles. The van der Waals surface area contributed by atoms with Crippen LogP contribution in [0.2, 0.25) is 0 Å². The van der Waals surface area contributed by atoms with Crippen molar-refractivity contribution in [3.8, 4) is 45.6 Å². The van der Waals surface area contributed by atoms with Crippen LogP contribution in [0.1, 0.15) is 4.88 Å². The Kier molecular flexibility index (Phi) is 6.83. The van der Waals surface area contributed by atoms with E-state index in [0.717, 1.165) is 38.0 Å². The number of para-hydroxylation sites is 1. The summed E-state index contributed by atoms with van der Waals surface area (Å²) in [6, 6.07) is 21.2. The van der Waals surface area contributed by atoms with E-state index >= 15 is 0 Å². The summed E-state index contributed by atoms with van der Waals surface area (Å²) in [7, 11) is 6.47. The molecule has 2 heterocycles. The minimum Gasteiger partial charge on any atom is -0.493 e. The molecule has 0 amide bonds. The van der Waals surface area contributed by atoms with Crippen molar-refractivity contribution in [1.29, 1.82) is 0 Å². The zero-order valence-corrected chi connectivity index (χ0v) is 22.0. The maximum Gasteiger partial charge on any atom is 0.210 e. The first-order chi connectivity index (χ1) is 18.0. The summed E-state index contributed by atoms with van der Waals surface area (Å²) >= 11 is 1.53. The number of rotatable bonds is 7. The van der Waals surface area contributed by atoms with Crippen molar-refractivity contribution in [3.63, 3.8) is 0 Å². The van der Waals surface area contributed by atoms with Gasteiger partial charge in [0, 0.05) is 27.5 Å². The molecule has 7 nitrogen and oxygen atoms in total. The molecule has 2 aromatic heterocycles. The Morgan fingerprint density at radius 1 is 0.730 bits per heavy atom. The molecule has 5 rings (SSSR count). The molecule has 8 heteroatoms. The van der Waals surface area contributed by atoms with Gasteiger partial charge in [-0.15, -0.1) is 0 Å². The predicted molar refractivity (Wildman–Crippen MR) is 145 cm³/mol. The first-order valence-electron chi connectivity index (χ1n) is 11.5. The Hall–Kier alpha value is -4.30. The summed E-state index contributed by atoms with van der Waals surface area (Å²) in [5, 5.41) is 2.31. The molecule has 0 aliphatic rings. The average molecular weight is 515 g/mol. The van der Waals surface area contributed by atoms with Crippen LogP contribution in [0, 0.1) is 6.92 Å². The van der Waals surface area contributed by atoms with Gasteiger partial charge in [0.15, 0.2) is 23.0 Å². The Morgan fingerprint density at radius 3 is 2.03 bits per heavy atom. The van der Waals surface area contributed by atoms with Crippen LogP contribution in [-0.4, -0.2) is 33.4 Å². The largest absolute Gasteiger partial charge is 0.493 e. The Balaban J connectivity index is 1.63. The van der Waals surface area contributed by atoms with Gasteiger partial charge in [-0.1, -0.05) is 23.5 Å². The number of fused-ring (bicyclic) bond motifs is 1. The molecule has 0 spiro atoms. The van der Waals surface area contributed by atoms with E-state index in [2.05, 4.69) is 0 Å². The van der Waals surface area contributed by atoms with E-state index in [1.807, 2.05) is 73.7 Å². The second kappa shape index (κ2) is 10.4. The van der Waals surface area contributed by atoms with E-state index in [1.165, 1.54) is 11.3 Å². The summed E-state index contributed by atoms with van der Waals surface area (Å²) in [5.74, 6) is 3.26. The van der Waals surface area contributed by atoms with Crippen molar-refractivity contribution in [2.75, 3.05) is 28.4 Å². The SMILES string of the molecule is COc1ccc(-c2c/c(=N\c3nc(-c4ccc(OC)c(OC)c4)c(C)s3)c3ccccc3o2)cc1OC. The standard InChI is InChI=1S/C29H26N2O5S/c1-17-28(19-11-13-24(33-3)27(15-19)35-5)31-29(37-17)30-21-16-25(36-22-9-7-6-8-20(21)22)18-10-12-23(32-2)26(14-18)34-4/h6-16H,1-5H3/b30-21+. The van der Waals surface area contributed by atoms with Gasteiger partial charge in [-0.3, -0.25) is 0 Å². The van der Waals surface area contributed by atoms with Crippen LogP contribution in [0.4, 0.5) is 5.13 Å². The quantitative estimate of drug-likeness (QED) is 0.238. The summed E-state index contributed by atoms with van der Waals surface area (Å²) in [4.78, 5) is 10.9. The van der Waals surface area contributed by atoms with Crippen molar-refractivity contribution in [2.45, 2.75) is 6.92 Å². The van der Waals surface area contributed by atoms with Gasteiger partial charge < -0.3 is 23.4 Å². The number of nitrogens with zero attached hydrogens (tertiary/aromatic N) is 2. The van der Waals surface area contributed by atoms with Gasteiger partial charge in [0.05, 0.1) is 39.5 Å². The van der Waals surface area contributed by atoms with Crippen molar-refractivity contribution in [2.24, 2.45) is 4.99 Å². The molecular formula is C29H26N2O5S. The normalized spacial score (nSPS) is 11.5. The maximum absolute atomic E-state index is 6.25. The van der Waals surface area contributed by atoms with E-state index in [4.69, 9.17) is 33.3 Å². The third-order valence-corrected chi connectivity index (χ3v) is 6.84. The third kappa shape index (κ3) is 4.75. The Labute approximate surface area is 218 Å². The highest BCUT2D eigenvalue weighted by Crippen LogP contribution is 2.37. The highest BCUT2D eigenvalue weighted by Gasteiger charge is 2.14. The fraction of sp³-hybridized carbons (Fsp3) is 0.172. The maximum atomic E-state index is 6.25. The van der Waals surface area contributed by atoms with Crippen LogP contribution in [0.5, 0.6) is 23.0 Å². The molecule has 0 bridgehead atoms. The Bertz CT molecular complexity index is 1650. The molecule has 0 saturated heterocycles. The number of methoxy groups -OCH3 is 4. The van der Waals surface area contributed by atoms with E-state index in [0.29, 0.717) is 33.9 Å². The smallest absolute Gasteiger partial charge is 0.210 e. The lowest BCUT2D eigenvalue weighted by molar-refractivity contribution is 0.355. The van der Waals surface area contributed by atoms with Gasteiger partial charge in [-0.05, 0) is 55.5 Å². The second-order valence-electron chi connectivity index (χ2n) is 8.14. The summed E-state index contributed by atoms with van der Waals surface area (Å²) in [6.45, 7) is 2.04. The summed E-state index contributed by atoms with van der Waals surface area (Å²) < 4.78 is 28.0. The van der Waals surface area contributed by atoms with E-state index < -0.39 is 0 Å². The van der Waals surface area contributed by atoms with E-state index in [9.17, 15) is 0 Å². The van der Waals surface area contributed by atoms with Gasteiger partial charge >= 0.3 is 0 Å². The zero-order valence-electron chi connectivity index (χ0n) is 21.2. The molecule has 0 unspecified atom stereocenters. The predicted octanol–water partition coefficient (Wildman–Crippen LogP) is 6.80. The number of aromatic nitrogens is 1. The van der Waals surface area contributed by atoms with Crippen LogP contribution in [-0.2, 0) is 0 Å². The molecule has 5 aromatic rings. The van der Waals surface area contributed by atoms with Crippen molar-refractivity contribution in [1.82, 2.24) is 4.98 Å². The first kappa shape index (κ1) is 24.4. The molecule has 0 fully saturated rings. The molecule has 0 atom stereocenters. The number of benzene rings is 3. The molecule has 3 aromatic carbocycles. The lowest BCUT2D eigenvalue weighted by Crippen LogP contribution is -2.03. The fourth-order valence-corrected chi connectivity index (χ4v) is 4.94. The van der Waals surface area contributed by atoms with Gasteiger partial charge in [0.1, 0.15) is 11.3 Å². The topological polar surface area (TPSA) is 75.3 Å². The van der Waals surface area contributed by atoms with E-state index in [-0.39, 0.29) is 0 Å². The minimum atomic E-state index is 0.622. The summed E-state index contributed by atoms with van der Waals surface area (Å²) in [5.41, 5.74) is 3.37. The number of ether oxygens (including phenoxy) is 4. The highest BCUT2D eigenvalue weighted by atomic mass is 32.1. The molecule has 0 aliphatic carbocycles. The van der Waals surface area contributed by atoms with Crippen molar-refractivity contribution >= 4 is 27.4 Å². The van der Waals surface area contributed by atoms with Gasteiger partial charge in [0.2, 0.25) is 5.13 Å². The molecule has 0 saturated carbocycles. The number of thiazole rings is 1. The number of aryl methyl sites for hydroxylation is 1. The van der Waals surface area contributed by atoms with Crippen LogP contribution in [0.15, 0.2) is 76.1 Å². The van der Waals surface area contributed by atoms with Crippen molar-refractivity contribution < 1.29 is 23.4 Å². The van der Waals surface area contributed by atoms with Crippen LogP contribution in [0.3, 0.4) is 0 Å². The molecular weight excluding hydrogens is 488 g/mol. The number of hydrogen-bond acceptors (Lipinski definition) is 8. The lowest BCUT2D eigenvalue weighted by atomic mass is 10.1. The lowest BCUT2D eigenvalue weighted by Gasteiger charge is -2.10. The Morgan fingerprint density at radius 2 is 1.35 bits per heavy atom. The monoisotopic (exact) mass is 514 g/mol. The van der Waals surface area contributed by atoms with Crippen LogP contribution < -0.4 is 24.3 Å². The molecule has 37 heavy (non-hydrogen) atoms. The van der Waals surface area contributed by atoms with Gasteiger partial charge in [0.25, 0.3) is 0 Å². The first-order valence-corrected chi connectivity index (χ1v) is 12.4. The third-order valence-electron chi connectivity index (χ3n) is 5.98. The second-order valence-corrected chi connectivity index (χ2v) is 9.33. The highest BCUT2D eigenvalue weighted by molar-refractivity contribution is 7.15. The minimum absolute atomic E-state index is 0.622. The van der Waals surface area contributed by atoms with Crippen LogP contribution >= 0.6 is 11.3 Å². The van der Waals surface area contributed by atoms with Crippen molar-refractivity contribution in [3.05, 3.63) is 77.0 Å². The van der Waals surface area contributed by atoms with Crippen LogP contribution in [0.25, 0.3) is 33.6 Å². The number of hydrogen-bond donors (Lipinski definition) is 0. The molecule has 0 radical (unpaired) electrons. The van der Waals surface area contributed by atoms with E-state index in [1.54, 1.807) is 28.4 Å². The van der Waals surface area contributed by atoms with Gasteiger partial charge in [-0.2, -0.15) is 0 Å². The fourth-order valence-electron chi connectivity index (χ4n) is 4.13. The zero-order chi connectivity index (χ0) is 25.9. The summed E-state index contributed by atoms with van der Waals surface area (Å²) in [6.07, 6.45) is 0. The van der Waals surface area contributed by atoms with Gasteiger partial charge in [-0.25, -0.2) is 9.98 Å².